The zero-order chi connectivity index (χ0) is 18.6. The van der Waals surface area contributed by atoms with Gasteiger partial charge >= 0.3 is 5.97 Å². The molecule has 9 heteroatoms. The van der Waals surface area contributed by atoms with E-state index < -0.39 is 41.2 Å². The molecule has 1 aromatic rings. The highest BCUT2D eigenvalue weighted by Gasteiger charge is 2.43. The third-order valence-electron chi connectivity index (χ3n) is 3.92. The van der Waals surface area contributed by atoms with Crippen molar-refractivity contribution in [2.75, 3.05) is 0 Å². The molecule has 1 aromatic carbocycles. The molecule has 25 heavy (non-hydrogen) atoms. The van der Waals surface area contributed by atoms with E-state index in [0.29, 0.717) is 5.56 Å². The Bertz CT molecular complexity index is 684. The number of ether oxygens (including phenoxy) is 1. The van der Waals surface area contributed by atoms with E-state index in [1.54, 1.807) is 0 Å². The standard InChI is InChI=1S/C16H18N2O7/c1-9(19)15-13(17-16(15)22)6-12(20)7-14(21)25-8-10-2-4-11(5-3-10)18(23)24/h2-5,9,13,15,19H,6-8H2,1H3,(H,17,22)/t9-,13?,15?/m1/s1. The van der Waals surface area contributed by atoms with Crippen LogP contribution in [0.15, 0.2) is 24.3 Å². The molecule has 9 nitrogen and oxygen atoms in total. The second-order valence-electron chi connectivity index (χ2n) is 5.89. The van der Waals surface area contributed by atoms with Crippen LogP contribution in [0.5, 0.6) is 0 Å². The number of carbonyl (C=O) groups excluding carboxylic acids is 3. The maximum atomic E-state index is 11.9. The Morgan fingerprint density at radius 1 is 1.36 bits per heavy atom. The lowest BCUT2D eigenvalue weighted by Crippen LogP contribution is -2.62. The van der Waals surface area contributed by atoms with Crippen LogP contribution in [0.1, 0.15) is 25.3 Å². The van der Waals surface area contributed by atoms with Crippen molar-refractivity contribution in [1.29, 1.82) is 0 Å². The topological polar surface area (TPSA) is 136 Å². The number of non-ortho nitro benzene ring substituents is 1. The summed E-state index contributed by atoms with van der Waals surface area (Å²) in [5.41, 5.74) is 0.493. The van der Waals surface area contributed by atoms with Gasteiger partial charge in [0.05, 0.1) is 16.9 Å². The molecule has 1 aliphatic rings. The van der Waals surface area contributed by atoms with Crippen molar-refractivity contribution < 1.29 is 29.2 Å². The van der Waals surface area contributed by atoms with Gasteiger partial charge in [-0.15, -0.1) is 0 Å². The number of Topliss-reactive ketones (excluding diaryl/α,β-unsaturated/α-hetero) is 1. The van der Waals surface area contributed by atoms with Gasteiger partial charge in [-0.2, -0.15) is 0 Å². The molecule has 1 saturated heterocycles. The largest absolute Gasteiger partial charge is 0.460 e. The van der Waals surface area contributed by atoms with Gasteiger partial charge in [0, 0.05) is 24.6 Å². The zero-order valence-electron chi connectivity index (χ0n) is 13.5. The van der Waals surface area contributed by atoms with Crippen molar-refractivity contribution in [3.63, 3.8) is 0 Å². The molecule has 1 aliphatic heterocycles. The Morgan fingerprint density at radius 3 is 2.52 bits per heavy atom. The maximum absolute atomic E-state index is 11.9. The fraction of sp³-hybridized carbons (Fsp3) is 0.438. The Morgan fingerprint density at radius 2 is 2.00 bits per heavy atom. The number of nitro benzene ring substituents is 1. The summed E-state index contributed by atoms with van der Waals surface area (Å²) < 4.78 is 4.96. The molecule has 0 aliphatic carbocycles. The zero-order valence-corrected chi connectivity index (χ0v) is 13.5. The smallest absolute Gasteiger partial charge is 0.313 e. The monoisotopic (exact) mass is 350 g/mol. The number of benzene rings is 1. The van der Waals surface area contributed by atoms with Crippen molar-refractivity contribution >= 4 is 23.3 Å². The van der Waals surface area contributed by atoms with E-state index in [0.717, 1.165) is 0 Å². The number of nitrogens with one attached hydrogen (secondary N) is 1. The van der Waals surface area contributed by atoms with Crippen LogP contribution >= 0.6 is 0 Å². The number of aliphatic hydroxyl groups is 1. The summed E-state index contributed by atoms with van der Waals surface area (Å²) in [6.07, 6.45) is -1.35. The number of β-lactam (4-membered cyclic amide) rings is 1. The Kier molecular flexibility index (Phi) is 5.81. The molecule has 0 spiro atoms. The summed E-state index contributed by atoms with van der Waals surface area (Å²) in [4.78, 5) is 44.8. The molecule has 134 valence electrons. The van der Waals surface area contributed by atoms with Gasteiger partial charge in [-0.25, -0.2) is 0 Å². The molecule has 0 bridgehead atoms. The lowest BCUT2D eigenvalue weighted by Gasteiger charge is -2.38. The van der Waals surface area contributed by atoms with Crippen molar-refractivity contribution in [1.82, 2.24) is 5.32 Å². The number of aliphatic hydroxyl groups excluding tert-OH is 1. The lowest BCUT2D eigenvalue weighted by atomic mass is 9.83. The number of esters is 1. The molecule has 0 radical (unpaired) electrons. The lowest BCUT2D eigenvalue weighted by molar-refractivity contribution is -0.384. The molecule has 1 fully saturated rings. The number of hydrogen-bond donors (Lipinski definition) is 2. The Hall–Kier alpha value is -2.81. The summed E-state index contributed by atoms with van der Waals surface area (Å²) in [7, 11) is 0. The Balaban J connectivity index is 1.75. The van der Waals surface area contributed by atoms with Gasteiger partial charge in [0.15, 0.2) is 0 Å². The molecule has 0 aromatic heterocycles. The third kappa shape index (κ3) is 4.83. The highest BCUT2D eigenvalue weighted by molar-refractivity contribution is 5.97. The average molecular weight is 350 g/mol. The fourth-order valence-corrected chi connectivity index (χ4v) is 2.60. The summed E-state index contributed by atoms with van der Waals surface area (Å²) in [5.74, 6) is -2.07. The van der Waals surface area contributed by atoms with E-state index in [1.807, 2.05) is 0 Å². The first kappa shape index (κ1) is 18.5. The second-order valence-corrected chi connectivity index (χ2v) is 5.89. The van der Waals surface area contributed by atoms with Crippen molar-refractivity contribution in [2.24, 2.45) is 5.92 Å². The Labute approximate surface area is 143 Å². The predicted octanol–water partition coefficient (Wildman–Crippen LogP) is 0.483. The molecule has 3 atom stereocenters. The average Bonchev–Trinajstić information content (AvgIpc) is 2.51. The van der Waals surface area contributed by atoms with Gasteiger partial charge in [0.2, 0.25) is 5.91 Å². The molecular weight excluding hydrogens is 332 g/mol. The van der Waals surface area contributed by atoms with Gasteiger partial charge in [0.1, 0.15) is 18.8 Å². The molecule has 2 N–H and O–H groups in total. The molecule has 1 heterocycles. The van der Waals surface area contributed by atoms with E-state index in [1.165, 1.54) is 31.2 Å². The van der Waals surface area contributed by atoms with Gasteiger partial charge in [-0.3, -0.25) is 24.5 Å². The van der Waals surface area contributed by atoms with Crippen LogP contribution in [0.4, 0.5) is 5.69 Å². The number of ketones is 1. The van der Waals surface area contributed by atoms with Gasteiger partial charge in [-0.05, 0) is 24.6 Å². The minimum absolute atomic E-state index is 0.0477. The van der Waals surface area contributed by atoms with E-state index >= 15 is 0 Å². The molecular formula is C16H18N2O7. The summed E-state index contributed by atoms with van der Waals surface area (Å²) in [6, 6.07) is 5.05. The van der Waals surface area contributed by atoms with E-state index in [-0.39, 0.29) is 24.6 Å². The van der Waals surface area contributed by atoms with Crippen LogP contribution in [0.3, 0.4) is 0 Å². The summed E-state index contributed by atoms with van der Waals surface area (Å²) >= 11 is 0. The number of nitro groups is 1. The normalized spacial score (nSPS) is 20.2. The number of rotatable bonds is 8. The minimum Gasteiger partial charge on any atom is -0.460 e. The van der Waals surface area contributed by atoms with Gasteiger partial charge in [0.25, 0.3) is 5.69 Å². The first-order valence-corrected chi connectivity index (χ1v) is 7.67. The van der Waals surface area contributed by atoms with Crippen LogP contribution in [-0.2, 0) is 25.7 Å². The van der Waals surface area contributed by atoms with Crippen molar-refractivity contribution in [3.05, 3.63) is 39.9 Å². The van der Waals surface area contributed by atoms with Crippen LogP contribution in [0.25, 0.3) is 0 Å². The summed E-state index contributed by atoms with van der Waals surface area (Å²) in [6.45, 7) is 1.37. The summed E-state index contributed by atoms with van der Waals surface area (Å²) in [5, 5.41) is 22.5. The molecule has 1 amide bonds. The van der Waals surface area contributed by atoms with Crippen LogP contribution in [0.2, 0.25) is 0 Å². The van der Waals surface area contributed by atoms with Crippen molar-refractivity contribution in [3.8, 4) is 0 Å². The highest BCUT2D eigenvalue weighted by atomic mass is 16.6. The van der Waals surface area contributed by atoms with E-state index in [4.69, 9.17) is 4.74 Å². The quantitative estimate of drug-likeness (QED) is 0.229. The fourth-order valence-electron chi connectivity index (χ4n) is 2.60. The second kappa shape index (κ2) is 7.84. The molecule has 2 rings (SSSR count). The highest BCUT2D eigenvalue weighted by Crippen LogP contribution is 2.22. The molecule has 2 unspecified atom stereocenters. The van der Waals surface area contributed by atoms with Crippen LogP contribution < -0.4 is 5.32 Å². The number of carbonyl (C=O) groups is 3. The first-order chi connectivity index (χ1) is 11.8. The third-order valence-corrected chi connectivity index (χ3v) is 3.92. The van der Waals surface area contributed by atoms with Crippen LogP contribution in [-0.4, -0.2) is 39.8 Å². The predicted molar refractivity (Wildman–Crippen MR) is 84.2 cm³/mol. The number of amides is 1. The first-order valence-electron chi connectivity index (χ1n) is 7.67. The van der Waals surface area contributed by atoms with Crippen molar-refractivity contribution in [2.45, 2.75) is 38.5 Å². The number of nitrogens with zero attached hydrogens (tertiary/aromatic N) is 1. The van der Waals surface area contributed by atoms with Gasteiger partial charge < -0.3 is 15.2 Å². The van der Waals surface area contributed by atoms with E-state index in [9.17, 15) is 29.6 Å². The SMILES string of the molecule is C[C@@H](O)C1C(=O)NC1CC(=O)CC(=O)OCc1ccc([N+](=O)[O-])cc1. The van der Waals surface area contributed by atoms with Gasteiger partial charge in [-0.1, -0.05) is 0 Å². The number of hydrogen-bond acceptors (Lipinski definition) is 7. The van der Waals surface area contributed by atoms with Crippen LogP contribution in [0, 0.1) is 16.0 Å². The maximum Gasteiger partial charge on any atom is 0.313 e. The minimum atomic E-state index is -0.861. The molecule has 0 saturated carbocycles. The van der Waals surface area contributed by atoms with E-state index in [2.05, 4.69) is 5.32 Å².